The van der Waals surface area contributed by atoms with Gasteiger partial charge in [-0.25, -0.2) is 0 Å². The van der Waals surface area contributed by atoms with Gasteiger partial charge in [0.2, 0.25) is 0 Å². The Morgan fingerprint density at radius 1 is 1.21 bits per heavy atom. The molecule has 0 aliphatic rings. The number of carbonyl (C=O) groups excluding carboxylic acids is 1. The summed E-state index contributed by atoms with van der Waals surface area (Å²) in [5.74, 6) is 0.142. The van der Waals surface area contributed by atoms with Crippen molar-refractivity contribution in [1.82, 2.24) is 4.90 Å². The maximum atomic E-state index is 12.4. The molecule has 1 amide bonds. The highest BCUT2D eigenvalue weighted by Gasteiger charge is 2.15. The van der Waals surface area contributed by atoms with Crippen molar-refractivity contribution < 1.29 is 4.79 Å². The topological polar surface area (TPSA) is 32.3 Å². The summed E-state index contributed by atoms with van der Waals surface area (Å²) < 4.78 is 0. The van der Waals surface area contributed by atoms with Gasteiger partial charge in [0.15, 0.2) is 0 Å². The van der Waals surface area contributed by atoms with E-state index < -0.39 is 0 Å². The zero-order valence-electron chi connectivity index (χ0n) is 12.6. The summed E-state index contributed by atoms with van der Waals surface area (Å²) in [5, 5.41) is 3.34. The van der Waals surface area contributed by atoms with E-state index in [4.69, 9.17) is 0 Å². The minimum atomic E-state index is 0.142. The molecule has 0 saturated carbocycles. The van der Waals surface area contributed by atoms with Gasteiger partial charge in [0.05, 0.1) is 0 Å². The van der Waals surface area contributed by atoms with Gasteiger partial charge in [0, 0.05) is 30.9 Å². The molecule has 1 rings (SSSR count). The number of benzene rings is 1. The van der Waals surface area contributed by atoms with Crippen LogP contribution in [0.1, 0.15) is 49.5 Å². The van der Waals surface area contributed by atoms with Crippen molar-refractivity contribution in [3.8, 4) is 0 Å². The summed E-state index contributed by atoms with van der Waals surface area (Å²) in [6.07, 6.45) is 2.09. The highest BCUT2D eigenvalue weighted by Crippen LogP contribution is 2.17. The molecule has 1 aromatic carbocycles. The van der Waals surface area contributed by atoms with Crippen molar-refractivity contribution in [3.63, 3.8) is 0 Å². The summed E-state index contributed by atoms with van der Waals surface area (Å²) >= 11 is 0. The predicted octanol–water partition coefficient (Wildman–Crippen LogP) is 3.69. The van der Waals surface area contributed by atoms with Crippen LogP contribution in [0.3, 0.4) is 0 Å². The average Bonchev–Trinajstić information content (AvgIpc) is 2.42. The van der Waals surface area contributed by atoms with Crippen molar-refractivity contribution in [2.45, 2.75) is 40.5 Å². The first-order valence-corrected chi connectivity index (χ1v) is 7.27. The Balaban J connectivity index is 2.85. The van der Waals surface area contributed by atoms with Gasteiger partial charge in [-0.05, 0) is 50.5 Å². The van der Waals surface area contributed by atoms with Crippen LogP contribution in [-0.4, -0.2) is 30.4 Å². The lowest BCUT2D eigenvalue weighted by atomic mass is 10.1. The van der Waals surface area contributed by atoms with E-state index >= 15 is 0 Å². The van der Waals surface area contributed by atoms with Gasteiger partial charge >= 0.3 is 0 Å². The lowest BCUT2D eigenvalue weighted by molar-refractivity contribution is 0.0764. The Morgan fingerprint density at radius 3 is 2.47 bits per heavy atom. The second kappa shape index (κ2) is 7.82. The van der Waals surface area contributed by atoms with Crippen molar-refractivity contribution in [1.29, 1.82) is 0 Å². The highest BCUT2D eigenvalue weighted by molar-refractivity contribution is 5.96. The molecule has 0 radical (unpaired) electrons. The molecule has 0 saturated heterocycles. The largest absolute Gasteiger partial charge is 0.385 e. The molecule has 0 heterocycles. The molecule has 0 bridgehead atoms. The van der Waals surface area contributed by atoms with Crippen LogP contribution in [-0.2, 0) is 0 Å². The number of aryl methyl sites for hydroxylation is 1. The molecule has 1 aromatic rings. The summed E-state index contributed by atoms with van der Waals surface area (Å²) in [7, 11) is 0. The zero-order valence-corrected chi connectivity index (χ0v) is 12.6. The van der Waals surface area contributed by atoms with Crippen molar-refractivity contribution >= 4 is 11.6 Å². The monoisotopic (exact) mass is 262 g/mol. The van der Waals surface area contributed by atoms with E-state index in [2.05, 4.69) is 25.2 Å². The molecule has 0 aliphatic heterocycles. The number of hydrogen-bond donors (Lipinski definition) is 1. The van der Waals surface area contributed by atoms with Gasteiger partial charge in [-0.1, -0.05) is 13.8 Å². The third kappa shape index (κ3) is 4.27. The fraction of sp³-hybridized carbons (Fsp3) is 0.562. The molecule has 0 unspecified atom stereocenters. The number of nitrogens with one attached hydrogen (secondary N) is 1. The molecule has 3 heteroatoms. The second-order valence-corrected chi connectivity index (χ2v) is 4.84. The van der Waals surface area contributed by atoms with E-state index in [0.717, 1.165) is 49.3 Å². The van der Waals surface area contributed by atoms with E-state index in [9.17, 15) is 4.79 Å². The Morgan fingerprint density at radius 2 is 1.95 bits per heavy atom. The Labute approximate surface area is 117 Å². The molecule has 0 fully saturated rings. The third-order valence-corrected chi connectivity index (χ3v) is 3.20. The molecule has 106 valence electrons. The van der Waals surface area contributed by atoms with Crippen molar-refractivity contribution in [2.24, 2.45) is 0 Å². The van der Waals surface area contributed by atoms with Crippen molar-refractivity contribution in [2.75, 3.05) is 25.0 Å². The maximum absolute atomic E-state index is 12.4. The van der Waals surface area contributed by atoms with Crippen LogP contribution in [0.5, 0.6) is 0 Å². The summed E-state index contributed by atoms with van der Waals surface area (Å²) in [4.78, 5) is 14.3. The molecule has 0 aromatic heterocycles. The fourth-order valence-electron chi connectivity index (χ4n) is 2.13. The SMILES string of the molecule is CCCNc1ccc(C(=O)N(CC)CCC)c(C)c1. The Kier molecular flexibility index (Phi) is 6.40. The van der Waals surface area contributed by atoms with E-state index in [0.29, 0.717) is 0 Å². The number of carbonyl (C=O) groups is 1. The van der Waals surface area contributed by atoms with E-state index in [1.807, 2.05) is 30.9 Å². The summed E-state index contributed by atoms with van der Waals surface area (Å²) in [5.41, 5.74) is 2.95. The zero-order chi connectivity index (χ0) is 14.3. The van der Waals surface area contributed by atoms with E-state index in [1.165, 1.54) is 0 Å². The number of nitrogens with zero attached hydrogens (tertiary/aromatic N) is 1. The number of hydrogen-bond acceptors (Lipinski definition) is 2. The smallest absolute Gasteiger partial charge is 0.254 e. The number of rotatable bonds is 7. The third-order valence-electron chi connectivity index (χ3n) is 3.20. The molecular formula is C16H26N2O. The van der Waals surface area contributed by atoms with Crippen LogP contribution in [0, 0.1) is 6.92 Å². The lowest BCUT2D eigenvalue weighted by Crippen LogP contribution is -2.32. The van der Waals surface area contributed by atoms with Crippen LogP contribution in [0.15, 0.2) is 18.2 Å². The van der Waals surface area contributed by atoms with Crippen molar-refractivity contribution in [3.05, 3.63) is 29.3 Å². The van der Waals surface area contributed by atoms with Crippen LogP contribution >= 0.6 is 0 Å². The molecule has 0 spiro atoms. The van der Waals surface area contributed by atoms with Crippen LogP contribution in [0.4, 0.5) is 5.69 Å². The van der Waals surface area contributed by atoms with Gasteiger partial charge in [0.1, 0.15) is 0 Å². The first kappa shape index (κ1) is 15.5. The minimum Gasteiger partial charge on any atom is -0.385 e. The first-order chi connectivity index (χ1) is 9.13. The van der Waals surface area contributed by atoms with Crippen LogP contribution < -0.4 is 5.32 Å². The van der Waals surface area contributed by atoms with Gasteiger partial charge in [-0.2, -0.15) is 0 Å². The summed E-state index contributed by atoms with van der Waals surface area (Å²) in [6.45, 7) is 10.8. The Bertz CT molecular complexity index is 415. The minimum absolute atomic E-state index is 0.142. The maximum Gasteiger partial charge on any atom is 0.254 e. The fourth-order valence-corrected chi connectivity index (χ4v) is 2.13. The Hall–Kier alpha value is -1.51. The lowest BCUT2D eigenvalue weighted by Gasteiger charge is -2.21. The van der Waals surface area contributed by atoms with Crippen LogP contribution in [0.2, 0.25) is 0 Å². The summed E-state index contributed by atoms with van der Waals surface area (Å²) in [6, 6.07) is 5.99. The highest BCUT2D eigenvalue weighted by atomic mass is 16.2. The quantitative estimate of drug-likeness (QED) is 0.813. The first-order valence-electron chi connectivity index (χ1n) is 7.27. The van der Waals surface area contributed by atoms with E-state index in [1.54, 1.807) is 0 Å². The van der Waals surface area contributed by atoms with Crippen LogP contribution in [0.25, 0.3) is 0 Å². The van der Waals surface area contributed by atoms with Gasteiger partial charge in [0.25, 0.3) is 5.91 Å². The van der Waals surface area contributed by atoms with Gasteiger partial charge < -0.3 is 10.2 Å². The van der Waals surface area contributed by atoms with Gasteiger partial charge in [-0.15, -0.1) is 0 Å². The number of anilines is 1. The number of amides is 1. The molecule has 19 heavy (non-hydrogen) atoms. The molecule has 3 nitrogen and oxygen atoms in total. The molecule has 0 atom stereocenters. The molecular weight excluding hydrogens is 236 g/mol. The average molecular weight is 262 g/mol. The normalized spacial score (nSPS) is 10.3. The second-order valence-electron chi connectivity index (χ2n) is 4.84. The standard InChI is InChI=1S/C16H26N2O/c1-5-10-17-14-8-9-15(13(4)12-14)16(19)18(7-3)11-6-2/h8-9,12,17H,5-7,10-11H2,1-4H3. The predicted molar refractivity (Wildman–Crippen MR) is 81.8 cm³/mol. The van der Waals surface area contributed by atoms with Gasteiger partial charge in [-0.3, -0.25) is 4.79 Å². The molecule has 1 N–H and O–H groups in total. The molecule has 0 aliphatic carbocycles. The van der Waals surface area contributed by atoms with E-state index in [-0.39, 0.29) is 5.91 Å².